The van der Waals surface area contributed by atoms with Gasteiger partial charge in [0.2, 0.25) is 0 Å². The number of thiophene rings is 1. The van der Waals surface area contributed by atoms with Crippen LogP contribution in [0.15, 0.2) is 30.3 Å². The van der Waals surface area contributed by atoms with Crippen molar-refractivity contribution >= 4 is 27.4 Å². The minimum atomic E-state index is -0.297. The van der Waals surface area contributed by atoms with Crippen molar-refractivity contribution in [3.8, 4) is 10.7 Å². The van der Waals surface area contributed by atoms with E-state index in [-0.39, 0.29) is 5.82 Å². The molecule has 2 heterocycles. The molecule has 0 aliphatic heterocycles. The zero-order valence-corrected chi connectivity index (χ0v) is 9.96. The van der Waals surface area contributed by atoms with Crippen molar-refractivity contribution in [1.82, 2.24) is 9.55 Å². The van der Waals surface area contributed by atoms with Crippen molar-refractivity contribution in [1.29, 1.82) is 0 Å². The largest absolute Gasteiger partial charge is 0.391 e. The fourth-order valence-electron chi connectivity index (χ4n) is 1.87. The second kappa shape index (κ2) is 3.56. The van der Waals surface area contributed by atoms with E-state index in [9.17, 15) is 4.39 Å². The molecule has 3 nitrogen and oxygen atoms in total. The summed E-state index contributed by atoms with van der Waals surface area (Å²) in [4.78, 5) is 5.28. The molecule has 3 aromatic rings. The number of anilines is 1. The molecule has 0 atom stereocenters. The number of nitrogen functional groups attached to an aromatic ring is 1. The van der Waals surface area contributed by atoms with E-state index >= 15 is 0 Å². The Kier molecular flexibility index (Phi) is 2.16. The molecule has 5 heteroatoms. The molecule has 0 aliphatic rings. The number of benzene rings is 1. The average molecular weight is 247 g/mol. The molecular formula is C12H10FN3S. The number of hydrogen-bond donors (Lipinski definition) is 1. The number of halogens is 1. The minimum absolute atomic E-state index is 0.297. The van der Waals surface area contributed by atoms with Crippen LogP contribution in [0.4, 0.5) is 9.39 Å². The van der Waals surface area contributed by atoms with Gasteiger partial charge in [-0.15, -0.1) is 11.3 Å². The molecule has 86 valence electrons. The number of nitrogens with zero attached hydrogens (tertiary/aromatic N) is 2. The molecule has 0 bridgehead atoms. The number of nitrogens with two attached hydrogens (primary N) is 1. The number of aryl methyl sites for hydroxylation is 1. The molecule has 0 spiro atoms. The second-order valence-corrected chi connectivity index (χ2v) is 4.92. The van der Waals surface area contributed by atoms with Crippen molar-refractivity contribution in [2.45, 2.75) is 0 Å². The summed E-state index contributed by atoms with van der Waals surface area (Å²) >= 11 is 1.45. The summed E-state index contributed by atoms with van der Waals surface area (Å²) < 4.78 is 15.5. The van der Waals surface area contributed by atoms with Gasteiger partial charge in [-0.05, 0) is 24.3 Å². The number of aromatic nitrogens is 2. The SMILES string of the molecule is Cn1c(-c2ccc(N)s2)nc2c(F)cccc21. The van der Waals surface area contributed by atoms with E-state index < -0.39 is 0 Å². The molecule has 3 rings (SSSR count). The number of imidazole rings is 1. The average Bonchev–Trinajstić information content (AvgIpc) is 2.85. The molecule has 17 heavy (non-hydrogen) atoms. The Labute approximate surface area is 101 Å². The fourth-order valence-corrected chi connectivity index (χ4v) is 2.67. The summed E-state index contributed by atoms with van der Waals surface area (Å²) in [7, 11) is 1.88. The Hall–Kier alpha value is -1.88. The van der Waals surface area contributed by atoms with Crippen molar-refractivity contribution < 1.29 is 4.39 Å². The summed E-state index contributed by atoms with van der Waals surface area (Å²) in [5.41, 5.74) is 6.88. The number of hydrogen-bond acceptors (Lipinski definition) is 3. The fraction of sp³-hybridized carbons (Fsp3) is 0.0833. The third-order valence-electron chi connectivity index (χ3n) is 2.71. The smallest absolute Gasteiger partial charge is 0.151 e. The molecular weight excluding hydrogens is 237 g/mol. The summed E-state index contributed by atoms with van der Waals surface area (Å²) in [5.74, 6) is 0.445. The molecule has 2 N–H and O–H groups in total. The Morgan fingerprint density at radius 3 is 2.76 bits per heavy atom. The van der Waals surface area contributed by atoms with Crippen LogP contribution in [0.5, 0.6) is 0 Å². The predicted octanol–water partition coefficient (Wildman–Crippen LogP) is 3.02. The molecule has 0 saturated heterocycles. The molecule has 0 unspecified atom stereocenters. The van der Waals surface area contributed by atoms with Gasteiger partial charge in [0.25, 0.3) is 0 Å². The summed E-state index contributed by atoms with van der Waals surface area (Å²) in [6, 6.07) is 8.69. The highest BCUT2D eigenvalue weighted by atomic mass is 32.1. The second-order valence-electron chi connectivity index (χ2n) is 3.80. The van der Waals surface area contributed by atoms with Gasteiger partial charge in [0.1, 0.15) is 5.52 Å². The van der Waals surface area contributed by atoms with Gasteiger partial charge < -0.3 is 10.3 Å². The van der Waals surface area contributed by atoms with Gasteiger partial charge in [0.05, 0.1) is 15.4 Å². The van der Waals surface area contributed by atoms with Crippen molar-refractivity contribution in [2.75, 3.05) is 5.73 Å². The van der Waals surface area contributed by atoms with E-state index in [2.05, 4.69) is 4.98 Å². The van der Waals surface area contributed by atoms with Gasteiger partial charge in [-0.1, -0.05) is 6.07 Å². The Morgan fingerprint density at radius 1 is 1.29 bits per heavy atom. The minimum Gasteiger partial charge on any atom is -0.391 e. The molecule has 1 aromatic carbocycles. The predicted molar refractivity (Wildman–Crippen MR) is 68.4 cm³/mol. The van der Waals surface area contributed by atoms with E-state index in [1.807, 2.05) is 29.8 Å². The maximum absolute atomic E-state index is 13.6. The highest BCUT2D eigenvalue weighted by molar-refractivity contribution is 7.19. The molecule has 0 aliphatic carbocycles. The lowest BCUT2D eigenvalue weighted by atomic mass is 10.3. The zero-order valence-electron chi connectivity index (χ0n) is 9.14. The third kappa shape index (κ3) is 1.51. The van der Waals surface area contributed by atoms with Crippen LogP contribution in [-0.4, -0.2) is 9.55 Å². The first kappa shape index (κ1) is 10.3. The maximum atomic E-state index is 13.6. The van der Waals surface area contributed by atoms with Gasteiger partial charge in [-0.3, -0.25) is 0 Å². The van der Waals surface area contributed by atoms with Crippen LogP contribution in [0.25, 0.3) is 21.7 Å². The number of rotatable bonds is 1. The van der Waals surface area contributed by atoms with Crippen LogP contribution in [0, 0.1) is 5.82 Å². The molecule has 0 fully saturated rings. The van der Waals surface area contributed by atoms with E-state index in [4.69, 9.17) is 5.73 Å². The number of fused-ring (bicyclic) bond motifs is 1. The standard InChI is InChI=1S/C12H10FN3S/c1-16-8-4-2-3-7(13)11(8)15-12(16)9-5-6-10(14)17-9/h2-6H,14H2,1H3. The van der Waals surface area contributed by atoms with Crippen LogP contribution in [0.3, 0.4) is 0 Å². The van der Waals surface area contributed by atoms with E-state index in [0.29, 0.717) is 5.52 Å². The van der Waals surface area contributed by atoms with Gasteiger partial charge in [-0.25, -0.2) is 9.37 Å². The summed E-state index contributed by atoms with van der Waals surface area (Å²) in [6.07, 6.45) is 0. The Morgan fingerprint density at radius 2 is 2.12 bits per heavy atom. The normalized spacial score (nSPS) is 11.2. The quantitative estimate of drug-likeness (QED) is 0.718. The van der Waals surface area contributed by atoms with Crippen LogP contribution < -0.4 is 5.73 Å². The highest BCUT2D eigenvalue weighted by Crippen LogP contribution is 2.31. The Balaban J connectivity index is 2.31. The van der Waals surface area contributed by atoms with Gasteiger partial charge in [0.15, 0.2) is 11.6 Å². The molecule has 0 radical (unpaired) electrons. The summed E-state index contributed by atoms with van der Waals surface area (Å²) in [6.45, 7) is 0. The molecule has 2 aromatic heterocycles. The monoisotopic (exact) mass is 247 g/mol. The van der Waals surface area contributed by atoms with Gasteiger partial charge in [0, 0.05) is 7.05 Å². The van der Waals surface area contributed by atoms with Crippen molar-refractivity contribution in [3.63, 3.8) is 0 Å². The van der Waals surface area contributed by atoms with E-state index in [0.717, 1.165) is 21.2 Å². The lowest BCUT2D eigenvalue weighted by Gasteiger charge is -1.98. The molecule has 0 amide bonds. The van der Waals surface area contributed by atoms with Gasteiger partial charge in [-0.2, -0.15) is 0 Å². The van der Waals surface area contributed by atoms with Crippen LogP contribution in [-0.2, 0) is 7.05 Å². The van der Waals surface area contributed by atoms with E-state index in [1.54, 1.807) is 6.07 Å². The van der Waals surface area contributed by atoms with Crippen LogP contribution in [0.2, 0.25) is 0 Å². The first-order chi connectivity index (χ1) is 8.16. The number of para-hydroxylation sites is 1. The van der Waals surface area contributed by atoms with Crippen LogP contribution in [0.1, 0.15) is 0 Å². The lowest BCUT2D eigenvalue weighted by molar-refractivity contribution is 0.637. The van der Waals surface area contributed by atoms with Gasteiger partial charge >= 0.3 is 0 Å². The van der Waals surface area contributed by atoms with Crippen molar-refractivity contribution in [3.05, 3.63) is 36.1 Å². The van der Waals surface area contributed by atoms with E-state index in [1.165, 1.54) is 17.4 Å². The van der Waals surface area contributed by atoms with Crippen LogP contribution >= 0.6 is 11.3 Å². The molecule has 0 saturated carbocycles. The lowest BCUT2D eigenvalue weighted by Crippen LogP contribution is -1.90. The maximum Gasteiger partial charge on any atom is 0.151 e. The Bertz CT molecular complexity index is 699. The zero-order chi connectivity index (χ0) is 12.0. The third-order valence-corrected chi connectivity index (χ3v) is 3.62. The summed E-state index contributed by atoms with van der Waals surface area (Å²) in [5, 5.41) is 0.729. The van der Waals surface area contributed by atoms with Crippen molar-refractivity contribution in [2.24, 2.45) is 7.05 Å². The highest BCUT2D eigenvalue weighted by Gasteiger charge is 2.13. The first-order valence-electron chi connectivity index (χ1n) is 5.13. The topological polar surface area (TPSA) is 43.8 Å². The first-order valence-corrected chi connectivity index (χ1v) is 5.95.